The average Bonchev–Trinajstić information content (AvgIpc) is 2.33. The van der Waals surface area contributed by atoms with E-state index < -0.39 is 24.0 Å². The van der Waals surface area contributed by atoms with Crippen LogP contribution in [0.4, 0.5) is 4.79 Å². The van der Waals surface area contributed by atoms with Crippen LogP contribution < -0.4 is 5.32 Å². The normalized spacial score (nSPS) is 12.0. The highest BCUT2D eigenvalue weighted by Crippen LogP contribution is 2.03. The Morgan fingerprint density at radius 2 is 1.85 bits per heavy atom. The number of carboxylic acids is 2. The summed E-state index contributed by atoms with van der Waals surface area (Å²) in [6, 6.07) is -1.89. The maximum atomic E-state index is 12.0. The van der Waals surface area contributed by atoms with E-state index in [0.29, 0.717) is 13.2 Å². The molecule has 0 rings (SSSR count). The van der Waals surface area contributed by atoms with Crippen LogP contribution in [0.5, 0.6) is 0 Å². The summed E-state index contributed by atoms with van der Waals surface area (Å²) in [7, 11) is 1.50. The Morgan fingerprint density at radius 1 is 1.25 bits per heavy atom. The summed E-state index contributed by atoms with van der Waals surface area (Å²) >= 11 is 0. The van der Waals surface area contributed by atoms with Crippen LogP contribution in [-0.2, 0) is 14.3 Å². The first kappa shape index (κ1) is 18.2. The second-order valence-electron chi connectivity index (χ2n) is 4.55. The summed E-state index contributed by atoms with van der Waals surface area (Å²) in [6.45, 7) is 4.24. The minimum Gasteiger partial charge on any atom is -0.481 e. The van der Waals surface area contributed by atoms with E-state index in [1.165, 1.54) is 12.0 Å². The minimum absolute atomic E-state index is 0.126. The molecule has 0 aliphatic rings. The minimum atomic E-state index is -1.25. The van der Waals surface area contributed by atoms with Crippen LogP contribution in [0.15, 0.2) is 0 Å². The number of nitrogens with zero attached hydrogens (tertiary/aromatic N) is 1. The van der Waals surface area contributed by atoms with Gasteiger partial charge in [0.25, 0.3) is 0 Å². The number of hydrogen-bond acceptors (Lipinski definition) is 4. The highest BCUT2D eigenvalue weighted by Gasteiger charge is 2.24. The summed E-state index contributed by atoms with van der Waals surface area (Å²) in [5, 5.41) is 19.9. The Hall–Kier alpha value is -1.83. The van der Waals surface area contributed by atoms with E-state index in [1.54, 1.807) is 13.8 Å². The molecule has 1 unspecified atom stereocenters. The average molecular weight is 290 g/mol. The third kappa shape index (κ3) is 6.93. The van der Waals surface area contributed by atoms with Gasteiger partial charge in [-0.2, -0.15) is 0 Å². The quantitative estimate of drug-likeness (QED) is 0.565. The Labute approximate surface area is 117 Å². The third-order valence-electron chi connectivity index (χ3n) is 2.66. The molecule has 0 aromatic rings. The number of carbonyl (C=O) groups excluding carboxylic acids is 1. The first-order valence-corrected chi connectivity index (χ1v) is 6.30. The summed E-state index contributed by atoms with van der Waals surface area (Å²) in [4.78, 5) is 34.9. The number of urea groups is 1. The van der Waals surface area contributed by atoms with Gasteiger partial charge in [-0.3, -0.25) is 4.79 Å². The molecular weight excluding hydrogens is 268 g/mol. The molecule has 0 bridgehead atoms. The Balaban J connectivity index is 4.61. The van der Waals surface area contributed by atoms with Gasteiger partial charge in [-0.05, 0) is 20.3 Å². The van der Waals surface area contributed by atoms with Gasteiger partial charge in [-0.1, -0.05) is 0 Å². The van der Waals surface area contributed by atoms with Gasteiger partial charge >= 0.3 is 18.0 Å². The molecule has 0 saturated carbocycles. The second-order valence-corrected chi connectivity index (χ2v) is 4.55. The molecule has 1 atom stereocenters. The van der Waals surface area contributed by atoms with Crippen molar-refractivity contribution in [2.24, 2.45) is 0 Å². The Kier molecular flexibility index (Phi) is 8.30. The van der Waals surface area contributed by atoms with Crippen molar-refractivity contribution in [3.8, 4) is 0 Å². The SMILES string of the molecule is COCCN(C(=O)NC(CCC(=O)O)C(=O)O)C(C)C. The zero-order chi connectivity index (χ0) is 15.7. The van der Waals surface area contributed by atoms with Crippen LogP contribution in [-0.4, -0.2) is 65.4 Å². The monoisotopic (exact) mass is 290 g/mol. The fourth-order valence-electron chi connectivity index (χ4n) is 1.54. The molecule has 2 amide bonds. The number of carbonyl (C=O) groups is 3. The number of hydrogen-bond donors (Lipinski definition) is 3. The van der Waals surface area contributed by atoms with Crippen molar-refractivity contribution in [1.82, 2.24) is 10.2 Å². The van der Waals surface area contributed by atoms with Crippen molar-refractivity contribution >= 4 is 18.0 Å². The van der Waals surface area contributed by atoms with Crippen molar-refractivity contribution in [2.45, 2.75) is 38.8 Å². The largest absolute Gasteiger partial charge is 0.481 e. The highest BCUT2D eigenvalue weighted by atomic mass is 16.5. The zero-order valence-electron chi connectivity index (χ0n) is 12.0. The maximum absolute atomic E-state index is 12.0. The molecule has 0 aromatic carbocycles. The second kappa shape index (κ2) is 9.13. The number of aliphatic carboxylic acids is 2. The number of rotatable bonds is 9. The topological polar surface area (TPSA) is 116 Å². The molecule has 0 saturated heterocycles. The molecule has 8 heteroatoms. The van der Waals surface area contributed by atoms with Gasteiger partial charge in [0.15, 0.2) is 0 Å². The molecule has 0 radical (unpaired) electrons. The Bertz CT molecular complexity index is 345. The van der Waals surface area contributed by atoms with Crippen LogP contribution in [0.25, 0.3) is 0 Å². The summed E-state index contributed by atoms with van der Waals surface area (Å²) < 4.78 is 4.89. The molecule has 3 N–H and O–H groups in total. The van der Waals surface area contributed by atoms with E-state index in [2.05, 4.69) is 5.32 Å². The predicted molar refractivity (Wildman–Crippen MR) is 70.5 cm³/mol. The van der Waals surface area contributed by atoms with Crippen molar-refractivity contribution in [1.29, 1.82) is 0 Å². The first-order chi connectivity index (χ1) is 9.29. The number of amides is 2. The van der Waals surface area contributed by atoms with Gasteiger partial charge in [0, 0.05) is 26.1 Å². The molecule has 20 heavy (non-hydrogen) atoms. The van der Waals surface area contributed by atoms with Crippen molar-refractivity contribution in [3.05, 3.63) is 0 Å². The lowest BCUT2D eigenvalue weighted by atomic mass is 10.1. The zero-order valence-corrected chi connectivity index (χ0v) is 12.0. The summed E-state index contributed by atoms with van der Waals surface area (Å²) in [5.74, 6) is -2.36. The molecule has 0 aliphatic carbocycles. The van der Waals surface area contributed by atoms with Gasteiger partial charge < -0.3 is 25.2 Å². The number of nitrogens with one attached hydrogen (secondary N) is 1. The van der Waals surface area contributed by atoms with Gasteiger partial charge in [0.1, 0.15) is 6.04 Å². The van der Waals surface area contributed by atoms with E-state index >= 15 is 0 Å². The first-order valence-electron chi connectivity index (χ1n) is 6.30. The lowest BCUT2D eigenvalue weighted by molar-refractivity contribution is -0.140. The number of methoxy groups -OCH3 is 1. The van der Waals surface area contributed by atoms with Crippen LogP contribution >= 0.6 is 0 Å². The van der Waals surface area contributed by atoms with Gasteiger partial charge in [0.2, 0.25) is 0 Å². The molecule has 0 fully saturated rings. The molecule has 0 aliphatic heterocycles. The van der Waals surface area contributed by atoms with Crippen molar-refractivity contribution < 1.29 is 29.3 Å². The standard InChI is InChI=1S/C12H22N2O6/c1-8(2)14(6-7-20-3)12(19)13-9(11(17)18)4-5-10(15)16/h8-9H,4-7H2,1-3H3,(H,13,19)(H,15,16)(H,17,18). The molecule has 0 spiro atoms. The van der Waals surface area contributed by atoms with Crippen molar-refractivity contribution in [2.75, 3.05) is 20.3 Å². The molecule has 0 aromatic heterocycles. The fraction of sp³-hybridized carbons (Fsp3) is 0.750. The Morgan fingerprint density at radius 3 is 2.25 bits per heavy atom. The predicted octanol–water partition coefficient (Wildman–Crippen LogP) is 0.371. The molecule has 116 valence electrons. The lowest BCUT2D eigenvalue weighted by Gasteiger charge is -2.28. The van der Waals surface area contributed by atoms with Crippen LogP contribution in [0.2, 0.25) is 0 Å². The van der Waals surface area contributed by atoms with Crippen LogP contribution in [0.1, 0.15) is 26.7 Å². The lowest BCUT2D eigenvalue weighted by Crippen LogP contribution is -2.51. The number of ether oxygens (including phenoxy) is 1. The van der Waals surface area contributed by atoms with Gasteiger partial charge in [-0.25, -0.2) is 9.59 Å². The molecular formula is C12H22N2O6. The van der Waals surface area contributed by atoms with Gasteiger partial charge in [-0.15, -0.1) is 0 Å². The molecule has 8 nitrogen and oxygen atoms in total. The third-order valence-corrected chi connectivity index (χ3v) is 2.66. The van der Waals surface area contributed by atoms with Crippen LogP contribution in [0, 0.1) is 0 Å². The summed E-state index contributed by atoms with van der Waals surface area (Å²) in [5.41, 5.74) is 0. The highest BCUT2D eigenvalue weighted by molar-refractivity contribution is 5.83. The van der Waals surface area contributed by atoms with E-state index in [1.807, 2.05) is 0 Å². The van der Waals surface area contributed by atoms with E-state index in [4.69, 9.17) is 14.9 Å². The smallest absolute Gasteiger partial charge is 0.326 e. The van der Waals surface area contributed by atoms with E-state index in [9.17, 15) is 14.4 Å². The van der Waals surface area contributed by atoms with Crippen LogP contribution in [0.3, 0.4) is 0 Å². The fourth-order valence-corrected chi connectivity index (χ4v) is 1.54. The number of carboxylic acid groups (broad SMARTS) is 2. The summed E-state index contributed by atoms with van der Waals surface area (Å²) in [6.07, 6.45) is -0.483. The van der Waals surface area contributed by atoms with Gasteiger partial charge in [0.05, 0.1) is 6.61 Å². The maximum Gasteiger partial charge on any atom is 0.326 e. The van der Waals surface area contributed by atoms with Crippen molar-refractivity contribution in [3.63, 3.8) is 0 Å². The van der Waals surface area contributed by atoms with E-state index in [-0.39, 0.29) is 18.9 Å². The molecule has 0 heterocycles. The van der Waals surface area contributed by atoms with E-state index in [0.717, 1.165) is 0 Å².